The Morgan fingerprint density at radius 1 is 1.29 bits per heavy atom. The summed E-state index contributed by atoms with van der Waals surface area (Å²) >= 11 is 0. The van der Waals surface area contributed by atoms with Crippen LogP contribution in [0.1, 0.15) is 18.4 Å². The van der Waals surface area contributed by atoms with Crippen molar-refractivity contribution in [1.29, 1.82) is 0 Å². The number of hydrogen-bond acceptors (Lipinski definition) is 3. The first-order valence-electron chi connectivity index (χ1n) is 6.26. The molecule has 1 heterocycles. The predicted octanol–water partition coefficient (Wildman–Crippen LogP) is 1.26. The number of rotatable bonds is 4. The van der Waals surface area contributed by atoms with Crippen molar-refractivity contribution in [3.05, 3.63) is 35.9 Å². The summed E-state index contributed by atoms with van der Waals surface area (Å²) in [6, 6.07) is 10.1. The second kappa shape index (κ2) is 5.94. The average molecular weight is 232 g/mol. The highest BCUT2D eigenvalue weighted by Gasteiger charge is 2.21. The van der Waals surface area contributed by atoms with Crippen LogP contribution in [0.25, 0.3) is 0 Å². The molecular formula is C14H20N2O. The molecule has 1 N–H and O–H groups in total. The van der Waals surface area contributed by atoms with Gasteiger partial charge in [0.25, 0.3) is 0 Å². The fourth-order valence-electron chi connectivity index (χ4n) is 2.31. The van der Waals surface area contributed by atoms with Crippen LogP contribution in [-0.4, -0.2) is 43.4 Å². The monoisotopic (exact) mass is 232 g/mol. The summed E-state index contributed by atoms with van der Waals surface area (Å²) in [4.78, 5) is 14.1. The van der Waals surface area contributed by atoms with E-state index >= 15 is 0 Å². The molecule has 0 amide bonds. The van der Waals surface area contributed by atoms with Crippen LogP contribution in [0.15, 0.2) is 30.3 Å². The van der Waals surface area contributed by atoms with E-state index in [0.717, 1.165) is 38.3 Å². The van der Waals surface area contributed by atoms with Gasteiger partial charge in [-0.05, 0) is 12.5 Å². The number of ketones is 1. The molecule has 1 atom stereocenters. The van der Waals surface area contributed by atoms with Crippen molar-refractivity contribution in [2.45, 2.75) is 12.8 Å². The van der Waals surface area contributed by atoms with Gasteiger partial charge in [-0.3, -0.25) is 9.69 Å². The lowest BCUT2D eigenvalue weighted by atomic mass is 9.94. The van der Waals surface area contributed by atoms with Crippen LogP contribution in [0, 0.1) is 0 Å². The molecule has 1 unspecified atom stereocenters. The molecule has 1 aromatic rings. The molecule has 1 aliphatic rings. The third-order valence-corrected chi connectivity index (χ3v) is 3.34. The van der Waals surface area contributed by atoms with E-state index in [1.807, 2.05) is 30.3 Å². The van der Waals surface area contributed by atoms with Crippen molar-refractivity contribution in [3.63, 3.8) is 0 Å². The summed E-state index contributed by atoms with van der Waals surface area (Å²) in [5.41, 5.74) is 1.14. The van der Waals surface area contributed by atoms with Crippen LogP contribution in [0.2, 0.25) is 0 Å². The van der Waals surface area contributed by atoms with Gasteiger partial charge in [0.1, 0.15) is 5.78 Å². The minimum Gasteiger partial charge on any atom is -0.314 e. The number of benzene rings is 1. The van der Waals surface area contributed by atoms with Crippen molar-refractivity contribution >= 4 is 5.78 Å². The Kier molecular flexibility index (Phi) is 4.29. The van der Waals surface area contributed by atoms with Crippen LogP contribution in [0.5, 0.6) is 0 Å². The molecule has 17 heavy (non-hydrogen) atoms. The Bertz CT molecular complexity index is 358. The predicted molar refractivity (Wildman–Crippen MR) is 69.2 cm³/mol. The van der Waals surface area contributed by atoms with Crippen molar-refractivity contribution < 1.29 is 4.79 Å². The number of Topliss-reactive ketones (excluding diaryl/α,β-unsaturated/α-hetero) is 1. The number of carbonyl (C=O) groups is 1. The highest BCUT2D eigenvalue weighted by atomic mass is 16.1. The summed E-state index contributed by atoms with van der Waals surface area (Å²) in [6.45, 7) is 6.67. The smallest absolute Gasteiger partial charge is 0.138 e. The second-order valence-electron chi connectivity index (χ2n) is 4.62. The van der Waals surface area contributed by atoms with E-state index in [1.165, 1.54) is 0 Å². The molecule has 1 fully saturated rings. The second-order valence-corrected chi connectivity index (χ2v) is 4.62. The third kappa shape index (κ3) is 3.38. The maximum atomic E-state index is 11.8. The Morgan fingerprint density at radius 2 is 1.94 bits per heavy atom. The van der Waals surface area contributed by atoms with Gasteiger partial charge < -0.3 is 5.32 Å². The van der Waals surface area contributed by atoms with Crippen LogP contribution < -0.4 is 5.32 Å². The van der Waals surface area contributed by atoms with Crippen LogP contribution in [0.3, 0.4) is 0 Å². The minimum absolute atomic E-state index is 0.0225. The standard InChI is InChI=1S/C14H20N2O/c1-12(17)14(13-5-3-2-4-6-13)11-16-9-7-15-8-10-16/h2-6,14-15H,7-11H2,1H3. The summed E-state index contributed by atoms with van der Waals surface area (Å²) < 4.78 is 0. The summed E-state index contributed by atoms with van der Waals surface area (Å²) in [5, 5.41) is 3.33. The first-order valence-corrected chi connectivity index (χ1v) is 6.26. The first-order chi connectivity index (χ1) is 8.27. The van der Waals surface area contributed by atoms with Crippen molar-refractivity contribution in [2.24, 2.45) is 0 Å². The van der Waals surface area contributed by atoms with Crippen molar-refractivity contribution in [1.82, 2.24) is 10.2 Å². The Balaban J connectivity index is 2.05. The zero-order chi connectivity index (χ0) is 12.1. The van der Waals surface area contributed by atoms with E-state index in [4.69, 9.17) is 0 Å². The highest BCUT2D eigenvalue weighted by molar-refractivity contribution is 5.83. The average Bonchev–Trinajstić information content (AvgIpc) is 2.38. The largest absolute Gasteiger partial charge is 0.314 e. The molecular weight excluding hydrogens is 212 g/mol. The van der Waals surface area contributed by atoms with Gasteiger partial charge in [0.15, 0.2) is 0 Å². The van der Waals surface area contributed by atoms with Crippen LogP contribution in [-0.2, 0) is 4.79 Å². The number of carbonyl (C=O) groups excluding carboxylic acids is 1. The minimum atomic E-state index is 0.0225. The number of hydrogen-bond donors (Lipinski definition) is 1. The molecule has 92 valence electrons. The number of nitrogens with zero attached hydrogens (tertiary/aromatic N) is 1. The molecule has 0 saturated carbocycles. The maximum absolute atomic E-state index is 11.8. The van der Waals surface area contributed by atoms with Crippen LogP contribution >= 0.6 is 0 Å². The quantitative estimate of drug-likeness (QED) is 0.848. The molecule has 0 radical (unpaired) electrons. The molecule has 1 aromatic carbocycles. The maximum Gasteiger partial charge on any atom is 0.138 e. The molecule has 1 aliphatic heterocycles. The van der Waals surface area contributed by atoms with Gasteiger partial charge in [-0.1, -0.05) is 30.3 Å². The van der Waals surface area contributed by atoms with Gasteiger partial charge in [0.2, 0.25) is 0 Å². The number of nitrogens with one attached hydrogen (secondary N) is 1. The summed E-state index contributed by atoms with van der Waals surface area (Å²) in [7, 11) is 0. The molecule has 0 bridgehead atoms. The lowest BCUT2D eigenvalue weighted by Gasteiger charge is -2.30. The molecule has 0 aliphatic carbocycles. The summed E-state index contributed by atoms with van der Waals surface area (Å²) in [6.07, 6.45) is 0. The zero-order valence-corrected chi connectivity index (χ0v) is 10.4. The van der Waals surface area contributed by atoms with E-state index in [2.05, 4.69) is 10.2 Å². The Labute approximate surface area is 103 Å². The molecule has 1 saturated heterocycles. The molecule has 0 aromatic heterocycles. The van der Waals surface area contributed by atoms with E-state index in [1.54, 1.807) is 6.92 Å². The van der Waals surface area contributed by atoms with Gasteiger partial charge in [0.05, 0.1) is 5.92 Å². The van der Waals surface area contributed by atoms with Crippen LogP contribution in [0.4, 0.5) is 0 Å². The fraction of sp³-hybridized carbons (Fsp3) is 0.500. The topological polar surface area (TPSA) is 32.3 Å². The van der Waals surface area contributed by atoms with Gasteiger partial charge in [-0.15, -0.1) is 0 Å². The molecule has 3 heteroatoms. The molecule has 3 nitrogen and oxygen atoms in total. The van der Waals surface area contributed by atoms with E-state index in [0.29, 0.717) is 0 Å². The summed E-state index contributed by atoms with van der Waals surface area (Å²) in [5.74, 6) is 0.282. The lowest BCUT2D eigenvalue weighted by Crippen LogP contribution is -2.45. The van der Waals surface area contributed by atoms with Gasteiger partial charge in [-0.2, -0.15) is 0 Å². The van der Waals surface area contributed by atoms with E-state index < -0.39 is 0 Å². The number of piperazine rings is 1. The van der Waals surface area contributed by atoms with Gasteiger partial charge in [0, 0.05) is 32.7 Å². The zero-order valence-electron chi connectivity index (χ0n) is 10.4. The Morgan fingerprint density at radius 3 is 2.53 bits per heavy atom. The highest BCUT2D eigenvalue weighted by Crippen LogP contribution is 2.18. The normalized spacial score (nSPS) is 18.9. The van der Waals surface area contributed by atoms with Gasteiger partial charge in [-0.25, -0.2) is 0 Å². The molecule has 2 rings (SSSR count). The molecule has 0 spiro atoms. The first kappa shape index (κ1) is 12.3. The van der Waals surface area contributed by atoms with E-state index in [9.17, 15) is 4.79 Å². The lowest BCUT2D eigenvalue weighted by molar-refractivity contribution is -0.118. The van der Waals surface area contributed by atoms with Crippen molar-refractivity contribution in [2.75, 3.05) is 32.7 Å². The fourth-order valence-corrected chi connectivity index (χ4v) is 2.31. The van der Waals surface area contributed by atoms with E-state index in [-0.39, 0.29) is 11.7 Å². The third-order valence-electron chi connectivity index (χ3n) is 3.34. The Hall–Kier alpha value is -1.19. The van der Waals surface area contributed by atoms with Gasteiger partial charge >= 0.3 is 0 Å². The van der Waals surface area contributed by atoms with Crippen molar-refractivity contribution in [3.8, 4) is 0 Å². The SMILES string of the molecule is CC(=O)C(CN1CCNCC1)c1ccccc1.